The zero-order chi connectivity index (χ0) is 21.3. The Balaban J connectivity index is 1.52. The lowest BCUT2D eigenvalue weighted by molar-refractivity contribution is -0.113. The quantitative estimate of drug-likeness (QED) is 0.426. The van der Waals surface area contributed by atoms with E-state index >= 15 is 0 Å². The molecule has 2 N–H and O–H groups in total. The molecule has 4 rings (SSSR count). The standard InChI is InChI=1S/C23H25N5OS/c1-5-28-22(18-12-24-19-9-7-6-8-17(18)19)26-27-23(28)30-13-20(29)25-21-15(3)10-14(2)11-16(21)4/h6-12,24H,5,13H2,1-4H3,(H,25,29). The Bertz CT molecular complexity index is 1200. The van der Waals surface area contributed by atoms with E-state index in [0.29, 0.717) is 0 Å². The molecule has 0 aliphatic rings. The number of aromatic amines is 1. The van der Waals surface area contributed by atoms with Gasteiger partial charge in [-0.1, -0.05) is 47.7 Å². The average Bonchev–Trinajstić information content (AvgIpc) is 3.32. The van der Waals surface area contributed by atoms with Crippen molar-refractivity contribution in [2.45, 2.75) is 39.4 Å². The highest BCUT2D eigenvalue weighted by atomic mass is 32.2. The first kappa shape index (κ1) is 20.2. The number of nitrogens with one attached hydrogen (secondary N) is 2. The van der Waals surface area contributed by atoms with Crippen molar-refractivity contribution in [3.05, 3.63) is 59.3 Å². The Morgan fingerprint density at radius 3 is 2.60 bits per heavy atom. The van der Waals surface area contributed by atoms with Crippen LogP contribution < -0.4 is 5.32 Å². The van der Waals surface area contributed by atoms with Crippen molar-refractivity contribution in [1.29, 1.82) is 0 Å². The van der Waals surface area contributed by atoms with Crippen molar-refractivity contribution in [2.75, 3.05) is 11.1 Å². The fourth-order valence-electron chi connectivity index (χ4n) is 3.82. The van der Waals surface area contributed by atoms with E-state index < -0.39 is 0 Å². The lowest BCUT2D eigenvalue weighted by Gasteiger charge is -2.13. The van der Waals surface area contributed by atoms with Gasteiger partial charge >= 0.3 is 0 Å². The molecule has 1 amide bonds. The van der Waals surface area contributed by atoms with Crippen LogP contribution in [-0.2, 0) is 11.3 Å². The van der Waals surface area contributed by atoms with Crippen LogP contribution in [0.25, 0.3) is 22.3 Å². The second-order valence-electron chi connectivity index (χ2n) is 7.41. The molecule has 7 heteroatoms. The SMILES string of the molecule is CCn1c(SCC(=O)Nc2c(C)cc(C)cc2C)nnc1-c1c[nH]c2ccccc12. The minimum absolute atomic E-state index is 0.0469. The predicted molar refractivity (Wildman–Crippen MR) is 123 cm³/mol. The minimum atomic E-state index is -0.0469. The van der Waals surface area contributed by atoms with Crippen LogP contribution in [0.3, 0.4) is 0 Å². The molecule has 0 saturated carbocycles. The number of aromatic nitrogens is 4. The van der Waals surface area contributed by atoms with Crippen molar-refractivity contribution in [2.24, 2.45) is 0 Å². The van der Waals surface area contributed by atoms with Gasteiger partial charge in [0, 0.05) is 34.9 Å². The Morgan fingerprint density at radius 2 is 1.87 bits per heavy atom. The number of carbonyl (C=O) groups is 1. The van der Waals surface area contributed by atoms with E-state index in [1.54, 1.807) is 0 Å². The molecule has 0 fully saturated rings. The zero-order valence-corrected chi connectivity index (χ0v) is 18.4. The maximum atomic E-state index is 12.6. The van der Waals surface area contributed by atoms with Gasteiger partial charge in [-0.3, -0.25) is 4.79 Å². The number of H-pyrrole nitrogens is 1. The molecule has 0 aliphatic heterocycles. The number of anilines is 1. The largest absolute Gasteiger partial charge is 0.360 e. The summed E-state index contributed by atoms with van der Waals surface area (Å²) in [7, 11) is 0. The molecule has 154 valence electrons. The Morgan fingerprint density at radius 1 is 1.13 bits per heavy atom. The Kier molecular flexibility index (Phi) is 5.63. The number of para-hydroxylation sites is 1. The third kappa shape index (κ3) is 3.85. The Hall–Kier alpha value is -3.06. The molecular weight excluding hydrogens is 394 g/mol. The number of hydrogen-bond donors (Lipinski definition) is 2. The maximum Gasteiger partial charge on any atom is 0.234 e. The summed E-state index contributed by atoms with van der Waals surface area (Å²) in [5, 5.41) is 13.7. The lowest BCUT2D eigenvalue weighted by Crippen LogP contribution is -2.16. The molecule has 2 aromatic heterocycles. The first-order valence-corrected chi connectivity index (χ1v) is 11.0. The summed E-state index contributed by atoms with van der Waals surface area (Å²) >= 11 is 1.40. The first-order valence-electron chi connectivity index (χ1n) is 9.98. The lowest BCUT2D eigenvalue weighted by atomic mass is 10.1. The number of thioether (sulfide) groups is 1. The van der Waals surface area contributed by atoms with E-state index in [2.05, 4.69) is 57.1 Å². The van der Waals surface area contributed by atoms with E-state index in [1.807, 2.05) is 38.2 Å². The average molecular weight is 420 g/mol. The van der Waals surface area contributed by atoms with E-state index in [-0.39, 0.29) is 11.7 Å². The van der Waals surface area contributed by atoms with Crippen molar-refractivity contribution in [1.82, 2.24) is 19.7 Å². The molecule has 2 aromatic carbocycles. The van der Waals surface area contributed by atoms with Crippen LogP contribution in [0.5, 0.6) is 0 Å². The van der Waals surface area contributed by atoms with Crippen LogP contribution in [0.15, 0.2) is 47.8 Å². The number of fused-ring (bicyclic) bond motifs is 1. The van der Waals surface area contributed by atoms with Gasteiger partial charge < -0.3 is 14.9 Å². The summed E-state index contributed by atoms with van der Waals surface area (Å²) in [5.41, 5.74) is 6.31. The van der Waals surface area contributed by atoms with Crippen LogP contribution in [0, 0.1) is 20.8 Å². The second kappa shape index (κ2) is 8.36. The Labute approximate surface area is 180 Å². The van der Waals surface area contributed by atoms with E-state index in [9.17, 15) is 4.79 Å². The second-order valence-corrected chi connectivity index (χ2v) is 8.35. The molecule has 4 aromatic rings. The molecule has 0 saturated heterocycles. The molecule has 2 heterocycles. The van der Waals surface area contributed by atoms with Gasteiger partial charge in [0.2, 0.25) is 5.91 Å². The summed E-state index contributed by atoms with van der Waals surface area (Å²) in [6.07, 6.45) is 1.96. The van der Waals surface area contributed by atoms with Gasteiger partial charge in [-0.05, 0) is 44.9 Å². The third-order valence-electron chi connectivity index (χ3n) is 5.14. The molecule has 0 aliphatic carbocycles. The van der Waals surface area contributed by atoms with Crippen LogP contribution in [0.1, 0.15) is 23.6 Å². The zero-order valence-electron chi connectivity index (χ0n) is 17.6. The normalized spacial score (nSPS) is 11.2. The molecule has 6 nitrogen and oxygen atoms in total. The van der Waals surface area contributed by atoms with E-state index in [4.69, 9.17) is 0 Å². The van der Waals surface area contributed by atoms with Gasteiger partial charge in [0.1, 0.15) is 0 Å². The molecule has 0 bridgehead atoms. The molecule has 0 unspecified atom stereocenters. The first-order chi connectivity index (χ1) is 14.5. The summed E-state index contributed by atoms with van der Waals surface area (Å²) in [4.78, 5) is 15.9. The highest BCUT2D eigenvalue weighted by molar-refractivity contribution is 7.99. The van der Waals surface area contributed by atoms with Gasteiger partial charge in [0.05, 0.1) is 5.75 Å². The number of carbonyl (C=O) groups excluding carboxylic acids is 1. The monoisotopic (exact) mass is 419 g/mol. The number of hydrogen-bond acceptors (Lipinski definition) is 4. The number of benzene rings is 2. The molecule has 0 spiro atoms. The minimum Gasteiger partial charge on any atom is -0.360 e. The smallest absolute Gasteiger partial charge is 0.234 e. The number of amides is 1. The number of aryl methyl sites for hydroxylation is 3. The molecule has 0 atom stereocenters. The van der Waals surface area contributed by atoms with Gasteiger partial charge in [-0.2, -0.15) is 0 Å². The number of rotatable bonds is 6. The van der Waals surface area contributed by atoms with Gasteiger partial charge in [-0.15, -0.1) is 10.2 Å². The fraction of sp³-hybridized carbons (Fsp3) is 0.261. The van der Waals surface area contributed by atoms with E-state index in [1.165, 1.54) is 17.3 Å². The van der Waals surface area contributed by atoms with Gasteiger partial charge in [0.25, 0.3) is 0 Å². The third-order valence-corrected chi connectivity index (χ3v) is 6.10. The van der Waals surface area contributed by atoms with E-state index in [0.717, 1.165) is 50.8 Å². The van der Waals surface area contributed by atoms with Crippen LogP contribution >= 0.6 is 11.8 Å². The van der Waals surface area contributed by atoms with Crippen LogP contribution in [0.2, 0.25) is 0 Å². The van der Waals surface area contributed by atoms with Gasteiger partial charge in [-0.25, -0.2) is 0 Å². The molecular formula is C23H25N5OS. The molecule has 30 heavy (non-hydrogen) atoms. The predicted octanol–water partition coefficient (Wildman–Crippen LogP) is 5.10. The summed E-state index contributed by atoms with van der Waals surface area (Å²) in [6, 6.07) is 12.3. The van der Waals surface area contributed by atoms with Crippen LogP contribution in [0.4, 0.5) is 5.69 Å². The highest BCUT2D eigenvalue weighted by Gasteiger charge is 2.17. The summed E-state index contributed by atoms with van der Waals surface area (Å²) < 4.78 is 2.05. The number of nitrogens with zero attached hydrogens (tertiary/aromatic N) is 3. The topological polar surface area (TPSA) is 75.6 Å². The van der Waals surface area contributed by atoms with Crippen molar-refractivity contribution in [3.8, 4) is 11.4 Å². The van der Waals surface area contributed by atoms with Crippen LogP contribution in [-0.4, -0.2) is 31.4 Å². The fourth-order valence-corrected chi connectivity index (χ4v) is 4.62. The molecule has 0 radical (unpaired) electrons. The summed E-state index contributed by atoms with van der Waals surface area (Å²) in [6.45, 7) is 8.88. The highest BCUT2D eigenvalue weighted by Crippen LogP contribution is 2.30. The van der Waals surface area contributed by atoms with Crippen molar-refractivity contribution in [3.63, 3.8) is 0 Å². The summed E-state index contributed by atoms with van der Waals surface area (Å²) in [5.74, 6) is 1.04. The van der Waals surface area contributed by atoms with Crippen molar-refractivity contribution < 1.29 is 4.79 Å². The maximum absolute atomic E-state index is 12.6. The van der Waals surface area contributed by atoms with Gasteiger partial charge in [0.15, 0.2) is 11.0 Å². The van der Waals surface area contributed by atoms with Crippen molar-refractivity contribution >= 4 is 34.3 Å².